The summed E-state index contributed by atoms with van der Waals surface area (Å²) in [7, 11) is 0. The number of pyridine rings is 1. The zero-order valence-corrected chi connectivity index (χ0v) is 7.12. The summed E-state index contributed by atoms with van der Waals surface area (Å²) < 4.78 is 0. The third-order valence-corrected chi connectivity index (χ3v) is 1.64. The van der Waals surface area contributed by atoms with E-state index in [-0.39, 0.29) is 6.04 Å². The average Bonchev–Trinajstić information content (AvgIpc) is 2.15. The highest BCUT2D eigenvalue weighted by atomic mass is 14.9. The molecule has 0 unspecified atom stereocenters. The molecular weight excluding hydrogens is 148 g/mol. The molecule has 0 saturated heterocycles. The molecular formula is C10H12N2. The van der Waals surface area contributed by atoms with Crippen LogP contribution in [-0.4, -0.2) is 11.5 Å². The van der Waals surface area contributed by atoms with Crippen LogP contribution in [0, 0.1) is 12.3 Å². The van der Waals surface area contributed by atoms with Crippen LogP contribution in [0.5, 0.6) is 0 Å². The van der Waals surface area contributed by atoms with E-state index in [1.165, 1.54) is 0 Å². The van der Waals surface area contributed by atoms with Crippen molar-refractivity contribution >= 4 is 0 Å². The van der Waals surface area contributed by atoms with Crippen molar-refractivity contribution in [1.29, 1.82) is 0 Å². The van der Waals surface area contributed by atoms with Crippen molar-refractivity contribution in [3.8, 4) is 12.3 Å². The molecule has 0 spiro atoms. The summed E-state index contributed by atoms with van der Waals surface area (Å²) in [4.78, 5) is 4.20. The van der Waals surface area contributed by atoms with E-state index < -0.39 is 0 Å². The monoisotopic (exact) mass is 160 g/mol. The zero-order chi connectivity index (χ0) is 8.81. The number of aromatic nitrogens is 1. The smallest absolute Gasteiger partial charge is 0.0578 e. The van der Waals surface area contributed by atoms with Gasteiger partial charge in [0.05, 0.1) is 12.2 Å². The van der Waals surface area contributed by atoms with E-state index in [4.69, 9.17) is 6.42 Å². The summed E-state index contributed by atoms with van der Waals surface area (Å²) in [5, 5.41) is 3.15. The van der Waals surface area contributed by atoms with E-state index in [9.17, 15) is 0 Å². The van der Waals surface area contributed by atoms with E-state index in [1.807, 2.05) is 25.1 Å². The predicted molar refractivity (Wildman–Crippen MR) is 49.5 cm³/mol. The van der Waals surface area contributed by atoms with Crippen LogP contribution in [0.3, 0.4) is 0 Å². The Balaban J connectivity index is 2.55. The van der Waals surface area contributed by atoms with E-state index >= 15 is 0 Å². The number of hydrogen-bond acceptors (Lipinski definition) is 2. The van der Waals surface area contributed by atoms with Gasteiger partial charge < -0.3 is 0 Å². The van der Waals surface area contributed by atoms with E-state index in [0.717, 1.165) is 5.69 Å². The Morgan fingerprint density at radius 3 is 3.08 bits per heavy atom. The van der Waals surface area contributed by atoms with Gasteiger partial charge in [-0.3, -0.25) is 10.3 Å². The van der Waals surface area contributed by atoms with Crippen molar-refractivity contribution in [3.05, 3.63) is 30.1 Å². The molecule has 1 aromatic heterocycles. The van der Waals surface area contributed by atoms with Gasteiger partial charge in [-0.25, -0.2) is 0 Å². The SMILES string of the molecule is C#CCN[C@@H](C)c1ccccn1. The fraction of sp³-hybridized carbons (Fsp3) is 0.300. The molecule has 1 N–H and O–H groups in total. The molecule has 0 amide bonds. The quantitative estimate of drug-likeness (QED) is 0.675. The van der Waals surface area contributed by atoms with Gasteiger partial charge in [0.2, 0.25) is 0 Å². The van der Waals surface area contributed by atoms with Gasteiger partial charge in [0.1, 0.15) is 0 Å². The highest BCUT2D eigenvalue weighted by Gasteiger charge is 2.02. The fourth-order valence-electron chi connectivity index (χ4n) is 0.949. The minimum atomic E-state index is 0.224. The van der Waals surface area contributed by atoms with Crippen LogP contribution in [0.2, 0.25) is 0 Å². The van der Waals surface area contributed by atoms with Gasteiger partial charge in [-0.2, -0.15) is 0 Å². The van der Waals surface area contributed by atoms with Crippen molar-refractivity contribution in [2.75, 3.05) is 6.54 Å². The lowest BCUT2D eigenvalue weighted by Gasteiger charge is -2.09. The van der Waals surface area contributed by atoms with Crippen LogP contribution in [0.15, 0.2) is 24.4 Å². The van der Waals surface area contributed by atoms with Crippen molar-refractivity contribution in [2.24, 2.45) is 0 Å². The topological polar surface area (TPSA) is 24.9 Å². The highest BCUT2D eigenvalue weighted by molar-refractivity contribution is 5.08. The molecule has 2 heteroatoms. The van der Waals surface area contributed by atoms with Crippen LogP contribution in [0.1, 0.15) is 18.7 Å². The van der Waals surface area contributed by atoms with Gasteiger partial charge in [0, 0.05) is 12.2 Å². The molecule has 0 fully saturated rings. The highest BCUT2D eigenvalue weighted by Crippen LogP contribution is 2.06. The molecule has 1 heterocycles. The lowest BCUT2D eigenvalue weighted by molar-refractivity contribution is 0.606. The minimum Gasteiger partial charge on any atom is -0.298 e. The van der Waals surface area contributed by atoms with Crippen LogP contribution >= 0.6 is 0 Å². The van der Waals surface area contributed by atoms with Gasteiger partial charge in [-0.15, -0.1) is 6.42 Å². The molecule has 0 bridgehead atoms. The maximum absolute atomic E-state index is 5.12. The largest absolute Gasteiger partial charge is 0.298 e. The van der Waals surface area contributed by atoms with Crippen molar-refractivity contribution in [2.45, 2.75) is 13.0 Å². The number of rotatable bonds is 3. The molecule has 12 heavy (non-hydrogen) atoms. The molecule has 0 aliphatic rings. The standard InChI is InChI=1S/C10H12N2/c1-3-7-11-9(2)10-6-4-5-8-12-10/h1,4-6,8-9,11H,7H2,2H3/t9-/m0/s1. The summed E-state index contributed by atoms with van der Waals surface area (Å²) in [6.07, 6.45) is 6.90. The van der Waals surface area contributed by atoms with E-state index in [2.05, 4.69) is 16.2 Å². The molecule has 62 valence electrons. The van der Waals surface area contributed by atoms with Crippen LogP contribution in [0.25, 0.3) is 0 Å². The first-order chi connectivity index (χ1) is 5.84. The Morgan fingerprint density at radius 1 is 1.67 bits per heavy atom. The van der Waals surface area contributed by atoms with Crippen molar-refractivity contribution in [1.82, 2.24) is 10.3 Å². The van der Waals surface area contributed by atoms with E-state index in [1.54, 1.807) is 6.20 Å². The Kier molecular flexibility index (Phi) is 3.31. The second kappa shape index (κ2) is 4.53. The second-order valence-electron chi connectivity index (χ2n) is 2.56. The van der Waals surface area contributed by atoms with Crippen LogP contribution in [0.4, 0.5) is 0 Å². The Hall–Kier alpha value is -1.33. The van der Waals surface area contributed by atoms with Crippen LogP contribution in [-0.2, 0) is 0 Å². The van der Waals surface area contributed by atoms with Crippen molar-refractivity contribution in [3.63, 3.8) is 0 Å². The van der Waals surface area contributed by atoms with E-state index in [0.29, 0.717) is 6.54 Å². The molecule has 1 atom stereocenters. The fourth-order valence-corrected chi connectivity index (χ4v) is 0.949. The van der Waals surface area contributed by atoms with Crippen LogP contribution < -0.4 is 5.32 Å². The first kappa shape index (κ1) is 8.76. The summed E-state index contributed by atoms with van der Waals surface area (Å²) in [6.45, 7) is 2.62. The number of nitrogens with zero attached hydrogens (tertiary/aromatic N) is 1. The lowest BCUT2D eigenvalue weighted by Crippen LogP contribution is -2.19. The first-order valence-corrected chi connectivity index (χ1v) is 3.92. The Morgan fingerprint density at radius 2 is 2.50 bits per heavy atom. The molecule has 0 aromatic carbocycles. The molecule has 1 rings (SSSR count). The van der Waals surface area contributed by atoms with Gasteiger partial charge in [-0.1, -0.05) is 12.0 Å². The molecule has 1 aromatic rings. The third-order valence-electron chi connectivity index (χ3n) is 1.64. The third kappa shape index (κ3) is 2.37. The Bertz CT molecular complexity index is 261. The predicted octanol–water partition coefficient (Wildman–Crippen LogP) is 1.37. The summed E-state index contributed by atoms with van der Waals surface area (Å²) in [6, 6.07) is 6.07. The first-order valence-electron chi connectivity index (χ1n) is 3.92. The number of nitrogens with one attached hydrogen (secondary N) is 1. The van der Waals surface area contributed by atoms with Crippen molar-refractivity contribution < 1.29 is 0 Å². The summed E-state index contributed by atoms with van der Waals surface area (Å²) in [5.74, 6) is 2.53. The van der Waals surface area contributed by atoms with Gasteiger partial charge in [-0.05, 0) is 19.1 Å². The summed E-state index contributed by atoms with van der Waals surface area (Å²) in [5.41, 5.74) is 1.02. The zero-order valence-electron chi connectivity index (χ0n) is 7.12. The maximum atomic E-state index is 5.12. The molecule has 2 nitrogen and oxygen atoms in total. The number of terminal acetylenes is 1. The maximum Gasteiger partial charge on any atom is 0.0578 e. The summed E-state index contributed by atoms with van der Waals surface area (Å²) >= 11 is 0. The Labute approximate surface area is 73.0 Å². The molecule has 0 aliphatic carbocycles. The average molecular weight is 160 g/mol. The second-order valence-corrected chi connectivity index (χ2v) is 2.56. The lowest BCUT2D eigenvalue weighted by atomic mass is 10.2. The van der Waals surface area contributed by atoms with Gasteiger partial charge in [0.15, 0.2) is 0 Å². The number of hydrogen-bond donors (Lipinski definition) is 1. The van der Waals surface area contributed by atoms with Gasteiger partial charge >= 0.3 is 0 Å². The molecule has 0 radical (unpaired) electrons. The minimum absolute atomic E-state index is 0.224. The normalized spacial score (nSPS) is 12.0. The molecule has 0 saturated carbocycles. The molecule has 0 aliphatic heterocycles. The van der Waals surface area contributed by atoms with Gasteiger partial charge in [0.25, 0.3) is 0 Å².